The fourth-order valence-electron chi connectivity index (χ4n) is 3.30. The van der Waals surface area contributed by atoms with Crippen molar-refractivity contribution < 1.29 is 5.11 Å². The van der Waals surface area contributed by atoms with Gasteiger partial charge >= 0.3 is 0 Å². The summed E-state index contributed by atoms with van der Waals surface area (Å²) in [6.07, 6.45) is 6.38. The zero-order valence-electron chi connectivity index (χ0n) is 12.0. The number of aliphatic hydroxyl groups excluding tert-OH is 1. The van der Waals surface area contributed by atoms with Crippen molar-refractivity contribution in [3.63, 3.8) is 0 Å². The van der Waals surface area contributed by atoms with Crippen LogP contribution in [0.3, 0.4) is 0 Å². The van der Waals surface area contributed by atoms with E-state index in [0.29, 0.717) is 19.1 Å². The molecule has 4 heteroatoms. The predicted molar refractivity (Wildman–Crippen MR) is 86.6 cm³/mol. The number of hydrogen-bond acceptors (Lipinski definition) is 3. The van der Waals surface area contributed by atoms with Crippen molar-refractivity contribution in [1.82, 2.24) is 4.90 Å². The second-order valence-electron chi connectivity index (χ2n) is 5.56. The molecule has 1 saturated carbocycles. The summed E-state index contributed by atoms with van der Waals surface area (Å²) in [5, 5.41) is 9.42. The number of rotatable bonds is 6. The quantitative estimate of drug-likeness (QED) is 0.836. The number of nitrogens with two attached hydrogens (primary N) is 1. The summed E-state index contributed by atoms with van der Waals surface area (Å²) in [6, 6.07) is 9.13. The van der Waals surface area contributed by atoms with Crippen LogP contribution >= 0.6 is 15.9 Å². The van der Waals surface area contributed by atoms with Gasteiger partial charge in [0.1, 0.15) is 0 Å². The van der Waals surface area contributed by atoms with Crippen LogP contribution in [0.5, 0.6) is 0 Å². The van der Waals surface area contributed by atoms with Crippen LogP contribution in [0.15, 0.2) is 28.7 Å². The molecule has 20 heavy (non-hydrogen) atoms. The first-order valence-corrected chi connectivity index (χ1v) is 8.37. The van der Waals surface area contributed by atoms with Crippen LogP contribution in [0.25, 0.3) is 0 Å². The molecular formula is C16H25BrN2O. The van der Waals surface area contributed by atoms with Gasteiger partial charge in [-0.25, -0.2) is 0 Å². The monoisotopic (exact) mass is 340 g/mol. The molecule has 1 aliphatic rings. The van der Waals surface area contributed by atoms with Crippen molar-refractivity contribution in [2.45, 2.75) is 44.2 Å². The molecule has 0 radical (unpaired) electrons. The highest BCUT2D eigenvalue weighted by Gasteiger charge is 2.27. The van der Waals surface area contributed by atoms with Gasteiger partial charge in [0.25, 0.3) is 0 Å². The summed E-state index contributed by atoms with van der Waals surface area (Å²) < 4.78 is 1.08. The first kappa shape index (κ1) is 16.0. The van der Waals surface area contributed by atoms with Crippen molar-refractivity contribution in [3.8, 4) is 0 Å². The normalized spacial score (nSPS) is 18.4. The van der Waals surface area contributed by atoms with E-state index >= 15 is 0 Å². The third kappa shape index (κ3) is 4.04. The molecule has 0 bridgehead atoms. The lowest BCUT2D eigenvalue weighted by molar-refractivity contribution is 0.0829. The van der Waals surface area contributed by atoms with Crippen LogP contribution in [0.4, 0.5) is 0 Å². The summed E-state index contributed by atoms with van der Waals surface area (Å²) in [4.78, 5) is 2.42. The second-order valence-corrected chi connectivity index (χ2v) is 6.48. The highest BCUT2D eigenvalue weighted by molar-refractivity contribution is 9.10. The number of benzene rings is 1. The molecule has 0 heterocycles. The first-order valence-electron chi connectivity index (χ1n) is 7.58. The molecule has 0 spiro atoms. The van der Waals surface area contributed by atoms with Crippen molar-refractivity contribution in [2.24, 2.45) is 5.73 Å². The van der Waals surface area contributed by atoms with Crippen molar-refractivity contribution in [3.05, 3.63) is 34.3 Å². The Hall–Kier alpha value is -0.420. The van der Waals surface area contributed by atoms with E-state index in [2.05, 4.69) is 39.0 Å². The van der Waals surface area contributed by atoms with Gasteiger partial charge in [0, 0.05) is 29.6 Å². The van der Waals surface area contributed by atoms with Crippen molar-refractivity contribution in [1.29, 1.82) is 0 Å². The van der Waals surface area contributed by atoms with E-state index in [-0.39, 0.29) is 12.6 Å². The summed E-state index contributed by atoms with van der Waals surface area (Å²) in [7, 11) is 0. The molecule has 1 unspecified atom stereocenters. The van der Waals surface area contributed by atoms with Crippen LogP contribution in [-0.2, 0) is 0 Å². The molecule has 112 valence electrons. The summed E-state index contributed by atoms with van der Waals surface area (Å²) in [6.45, 7) is 1.49. The fourth-order valence-corrected chi connectivity index (χ4v) is 3.71. The zero-order chi connectivity index (χ0) is 14.4. The molecule has 3 nitrogen and oxygen atoms in total. The lowest BCUT2D eigenvalue weighted by Gasteiger charge is -2.39. The van der Waals surface area contributed by atoms with E-state index in [0.717, 1.165) is 4.47 Å². The molecule has 1 aromatic carbocycles. The topological polar surface area (TPSA) is 49.5 Å². The molecule has 1 aliphatic carbocycles. The minimum atomic E-state index is 0.195. The van der Waals surface area contributed by atoms with Crippen molar-refractivity contribution in [2.75, 3.05) is 19.7 Å². The summed E-state index contributed by atoms with van der Waals surface area (Å²) in [5.74, 6) is 0. The maximum Gasteiger partial charge on any atom is 0.0558 e. The maximum absolute atomic E-state index is 9.42. The minimum absolute atomic E-state index is 0.195. The average Bonchev–Trinajstić information content (AvgIpc) is 2.48. The average molecular weight is 341 g/mol. The first-order chi connectivity index (χ1) is 9.76. The van der Waals surface area contributed by atoms with Crippen LogP contribution in [0, 0.1) is 0 Å². The van der Waals surface area contributed by atoms with E-state index in [9.17, 15) is 5.11 Å². The Morgan fingerprint density at radius 3 is 2.65 bits per heavy atom. The molecule has 2 rings (SSSR count). The van der Waals surface area contributed by atoms with Gasteiger partial charge in [0.05, 0.1) is 6.61 Å². The number of aliphatic hydroxyl groups is 1. The van der Waals surface area contributed by atoms with E-state index in [4.69, 9.17) is 5.73 Å². The van der Waals surface area contributed by atoms with Gasteiger partial charge in [-0.3, -0.25) is 4.90 Å². The molecule has 0 saturated heterocycles. The minimum Gasteiger partial charge on any atom is -0.395 e. The standard InChI is InChI=1S/C16H25BrN2O/c17-14-6-4-5-13(11-14)16(12-18)19(9-10-20)15-7-2-1-3-8-15/h4-6,11,15-16,20H,1-3,7-10,12,18H2. The van der Waals surface area contributed by atoms with E-state index < -0.39 is 0 Å². The highest BCUT2D eigenvalue weighted by Crippen LogP contribution is 2.30. The van der Waals surface area contributed by atoms with E-state index in [1.165, 1.54) is 37.7 Å². The van der Waals surface area contributed by atoms with Gasteiger partial charge in [-0.2, -0.15) is 0 Å². The number of hydrogen-bond donors (Lipinski definition) is 2. The fraction of sp³-hybridized carbons (Fsp3) is 0.625. The summed E-state index contributed by atoms with van der Waals surface area (Å²) in [5.41, 5.74) is 7.29. The predicted octanol–water partition coefficient (Wildman–Crippen LogP) is 3.08. The number of halogens is 1. The number of nitrogens with zero attached hydrogens (tertiary/aromatic N) is 1. The van der Waals surface area contributed by atoms with Gasteiger partial charge in [0.2, 0.25) is 0 Å². The van der Waals surface area contributed by atoms with Gasteiger partial charge < -0.3 is 10.8 Å². The Labute approximate surface area is 130 Å². The Bertz CT molecular complexity index is 407. The van der Waals surface area contributed by atoms with Gasteiger partial charge in [-0.1, -0.05) is 47.3 Å². The van der Waals surface area contributed by atoms with Crippen LogP contribution in [0.2, 0.25) is 0 Å². The van der Waals surface area contributed by atoms with Crippen molar-refractivity contribution >= 4 is 15.9 Å². The lowest BCUT2D eigenvalue weighted by atomic mass is 9.92. The second kappa shape index (κ2) is 8.13. The lowest BCUT2D eigenvalue weighted by Crippen LogP contribution is -2.44. The zero-order valence-corrected chi connectivity index (χ0v) is 13.6. The third-order valence-electron chi connectivity index (χ3n) is 4.26. The Morgan fingerprint density at radius 1 is 1.30 bits per heavy atom. The third-order valence-corrected chi connectivity index (χ3v) is 4.75. The van der Waals surface area contributed by atoms with E-state index in [1.54, 1.807) is 0 Å². The van der Waals surface area contributed by atoms with Crippen LogP contribution < -0.4 is 5.73 Å². The van der Waals surface area contributed by atoms with Gasteiger partial charge in [-0.15, -0.1) is 0 Å². The molecule has 1 fully saturated rings. The maximum atomic E-state index is 9.42. The molecule has 1 atom stereocenters. The Balaban J connectivity index is 2.19. The Morgan fingerprint density at radius 2 is 2.05 bits per heavy atom. The van der Waals surface area contributed by atoms with Gasteiger partial charge in [0.15, 0.2) is 0 Å². The molecule has 0 amide bonds. The van der Waals surface area contributed by atoms with E-state index in [1.807, 2.05) is 6.07 Å². The molecule has 0 aliphatic heterocycles. The molecule has 0 aromatic heterocycles. The summed E-state index contributed by atoms with van der Waals surface area (Å²) >= 11 is 3.54. The van der Waals surface area contributed by atoms with Crippen LogP contribution in [-0.4, -0.2) is 35.7 Å². The van der Waals surface area contributed by atoms with Crippen LogP contribution in [0.1, 0.15) is 43.7 Å². The largest absolute Gasteiger partial charge is 0.395 e. The smallest absolute Gasteiger partial charge is 0.0558 e. The SMILES string of the molecule is NCC(c1cccc(Br)c1)N(CCO)C1CCCCC1. The molecular weight excluding hydrogens is 316 g/mol. The highest BCUT2D eigenvalue weighted by atomic mass is 79.9. The Kier molecular flexibility index (Phi) is 6.49. The van der Waals surface area contributed by atoms with Gasteiger partial charge in [-0.05, 0) is 30.5 Å². The molecule has 3 N–H and O–H groups in total. The molecule has 1 aromatic rings.